The van der Waals surface area contributed by atoms with Crippen molar-refractivity contribution in [2.24, 2.45) is 5.92 Å². The summed E-state index contributed by atoms with van der Waals surface area (Å²) in [5, 5.41) is 3.36. The number of aromatic nitrogens is 1. The zero-order valence-electron chi connectivity index (χ0n) is 12.8. The van der Waals surface area contributed by atoms with E-state index in [1.54, 1.807) is 0 Å². The molecule has 2 N–H and O–H groups in total. The molecule has 2 saturated carbocycles. The third-order valence-electron chi connectivity index (χ3n) is 4.31. The Hall–Kier alpha value is -0.850. The van der Waals surface area contributed by atoms with E-state index in [9.17, 15) is 8.42 Å². The lowest BCUT2D eigenvalue weighted by Gasteiger charge is -2.07. The average molecular weight is 311 g/mol. The van der Waals surface area contributed by atoms with Crippen molar-refractivity contribution in [1.82, 2.24) is 14.6 Å². The van der Waals surface area contributed by atoms with Crippen molar-refractivity contribution in [1.29, 1.82) is 0 Å². The fraction of sp³-hybridized carbons (Fsp3) is 0.733. The minimum atomic E-state index is -3.37. The first-order valence-corrected chi connectivity index (χ1v) is 9.43. The summed E-state index contributed by atoms with van der Waals surface area (Å²) >= 11 is 0. The maximum atomic E-state index is 12.4. The average Bonchev–Trinajstić information content (AvgIpc) is 3.33. The van der Waals surface area contributed by atoms with Crippen LogP contribution < -0.4 is 10.0 Å². The molecule has 2 aliphatic carbocycles. The molecule has 0 radical (unpaired) electrons. The van der Waals surface area contributed by atoms with E-state index in [1.807, 2.05) is 12.3 Å². The molecular weight excluding hydrogens is 286 g/mol. The highest BCUT2D eigenvalue weighted by atomic mass is 32.2. The Kier molecular flexibility index (Phi) is 4.12. The summed E-state index contributed by atoms with van der Waals surface area (Å²) in [5.41, 5.74) is 1.08. The van der Waals surface area contributed by atoms with Crippen LogP contribution >= 0.6 is 0 Å². The Bertz CT molecular complexity index is 604. The zero-order chi connectivity index (χ0) is 15.0. The summed E-state index contributed by atoms with van der Waals surface area (Å²) < 4.78 is 29.8. The predicted molar refractivity (Wildman–Crippen MR) is 82.6 cm³/mol. The van der Waals surface area contributed by atoms with Crippen molar-refractivity contribution in [2.45, 2.75) is 63.1 Å². The van der Waals surface area contributed by atoms with Gasteiger partial charge in [0.05, 0.1) is 4.90 Å². The van der Waals surface area contributed by atoms with E-state index in [0.29, 0.717) is 16.9 Å². The van der Waals surface area contributed by atoms with Crippen LogP contribution in [0.25, 0.3) is 0 Å². The number of nitrogens with one attached hydrogen (secondary N) is 2. The molecule has 0 amide bonds. The number of nitrogens with zero attached hydrogens (tertiary/aromatic N) is 1. The SMILES string of the molecule is CCCNCc1cc(S(=O)(=O)NC2CC2C)cn1C1CC1. The first-order chi connectivity index (χ1) is 10.0. The second-order valence-electron chi connectivity index (χ2n) is 6.42. The van der Waals surface area contributed by atoms with Crippen LogP contribution in [-0.4, -0.2) is 25.6 Å². The first kappa shape index (κ1) is 15.1. The lowest BCUT2D eigenvalue weighted by Crippen LogP contribution is -2.26. The second-order valence-corrected chi connectivity index (χ2v) is 8.14. The van der Waals surface area contributed by atoms with Crippen LogP contribution in [0.1, 0.15) is 51.3 Å². The summed E-state index contributed by atoms with van der Waals surface area (Å²) in [6.45, 7) is 5.89. The Balaban J connectivity index is 1.77. The Morgan fingerprint density at radius 3 is 2.67 bits per heavy atom. The first-order valence-electron chi connectivity index (χ1n) is 7.95. The lowest BCUT2D eigenvalue weighted by molar-refractivity contribution is 0.577. The molecule has 118 valence electrons. The van der Waals surface area contributed by atoms with Gasteiger partial charge in [0.1, 0.15) is 0 Å². The second kappa shape index (κ2) is 5.74. The van der Waals surface area contributed by atoms with Crippen molar-refractivity contribution in [3.05, 3.63) is 18.0 Å². The van der Waals surface area contributed by atoms with Gasteiger partial charge in [-0.15, -0.1) is 0 Å². The summed E-state index contributed by atoms with van der Waals surface area (Å²) in [7, 11) is -3.37. The Morgan fingerprint density at radius 2 is 2.10 bits per heavy atom. The van der Waals surface area contributed by atoms with Gasteiger partial charge in [-0.2, -0.15) is 0 Å². The van der Waals surface area contributed by atoms with Gasteiger partial charge in [0.25, 0.3) is 0 Å². The number of rotatable bonds is 8. The van der Waals surface area contributed by atoms with Crippen LogP contribution in [0.4, 0.5) is 0 Å². The fourth-order valence-corrected chi connectivity index (χ4v) is 4.03. The van der Waals surface area contributed by atoms with Gasteiger partial charge >= 0.3 is 0 Å². The molecule has 0 saturated heterocycles. The number of sulfonamides is 1. The standard InChI is InChI=1S/C15H25N3O2S/c1-3-6-16-9-13-8-14(10-18(13)12-4-5-12)21(19,20)17-15-7-11(15)2/h8,10-12,15-17H,3-7,9H2,1-2H3. The van der Waals surface area contributed by atoms with Crippen LogP contribution in [-0.2, 0) is 16.6 Å². The van der Waals surface area contributed by atoms with E-state index in [2.05, 4.69) is 28.5 Å². The van der Waals surface area contributed by atoms with Gasteiger partial charge in [0.2, 0.25) is 10.0 Å². The smallest absolute Gasteiger partial charge is 0.242 e. The van der Waals surface area contributed by atoms with Crippen LogP contribution in [0.15, 0.2) is 17.2 Å². The van der Waals surface area contributed by atoms with Gasteiger partial charge in [-0.3, -0.25) is 0 Å². The molecule has 0 aliphatic heterocycles. The normalized spacial score (nSPS) is 25.2. The lowest BCUT2D eigenvalue weighted by atomic mass is 10.4. The molecule has 0 bridgehead atoms. The molecule has 2 atom stereocenters. The summed E-state index contributed by atoms with van der Waals surface area (Å²) in [6.07, 6.45) is 6.16. The van der Waals surface area contributed by atoms with E-state index < -0.39 is 10.0 Å². The van der Waals surface area contributed by atoms with E-state index >= 15 is 0 Å². The number of hydrogen-bond acceptors (Lipinski definition) is 3. The molecule has 0 spiro atoms. The quantitative estimate of drug-likeness (QED) is 0.722. The highest BCUT2D eigenvalue weighted by Crippen LogP contribution is 2.37. The topological polar surface area (TPSA) is 63.1 Å². The van der Waals surface area contributed by atoms with E-state index in [4.69, 9.17) is 0 Å². The Labute approximate surface area is 127 Å². The van der Waals surface area contributed by atoms with Gasteiger partial charge in [-0.05, 0) is 44.2 Å². The zero-order valence-corrected chi connectivity index (χ0v) is 13.6. The third-order valence-corrected chi connectivity index (χ3v) is 5.76. The molecule has 21 heavy (non-hydrogen) atoms. The predicted octanol–water partition coefficient (Wildman–Crippen LogP) is 2.01. The van der Waals surface area contributed by atoms with Crippen LogP contribution in [0.2, 0.25) is 0 Å². The highest BCUT2D eigenvalue weighted by molar-refractivity contribution is 7.89. The number of hydrogen-bond donors (Lipinski definition) is 2. The molecule has 1 heterocycles. The molecule has 1 aromatic heterocycles. The van der Waals surface area contributed by atoms with E-state index in [0.717, 1.165) is 44.5 Å². The molecular formula is C15H25N3O2S. The minimum Gasteiger partial charge on any atom is -0.346 e. The van der Waals surface area contributed by atoms with Crippen LogP contribution in [0.5, 0.6) is 0 Å². The fourth-order valence-electron chi connectivity index (χ4n) is 2.62. The van der Waals surface area contributed by atoms with Gasteiger partial charge in [-0.25, -0.2) is 13.1 Å². The Morgan fingerprint density at radius 1 is 1.38 bits per heavy atom. The third kappa shape index (κ3) is 3.49. The maximum Gasteiger partial charge on any atom is 0.242 e. The summed E-state index contributed by atoms with van der Waals surface area (Å²) in [5.74, 6) is 0.469. The van der Waals surface area contributed by atoms with Gasteiger partial charge < -0.3 is 9.88 Å². The molecule has 2 aliphatic rings. The molecule has 1 aromatic rings. The highest BCUT2D eigenvalue weighted by Gasteiger charge is 2.37. The van der Waals surface area contributed by atoms with Crippen molar-refractivity contribution < 1.29 is 8.42 Å². The summed E-state index contributed by atoms with van der Waals surface area (Å²) in [6, 6.07) is 2.45. The van der Waals surface area contributed by atoms with Crippen LogP contribution in [0.3, 0.4) is 0 Å². The molecule has 2 fully saturated rings. The molecule has 6 heteroatoms. The van der Waals surface area contributed by atoms with Gasteiger partial charge in [0.15, 0.2) is 0 Å². The summed E-state index contributed by atoms with van der Waals surface area (Å²) in [4.78, 5) is 0.418. The van der Waals surface area contributed by atoms with Crippen molar-refractivity contribution in [3.63, 3.8) is 0 Å². The monoisotopic (exact) mass is 311 g/mol. The van der Waals surface area contributed by atoms with Crippen molar-refractivity contribution in [3.8, 4) is 0 Å². The maximum absolute atomic E-state index is 12.4. The molecule has 0 aromatic carbocycles. The minimum absolute atomic E-state index is 0.126. The van der Waals surface area contributed by atoms with Crippen LogP contribution in [0, 0.1) is 5.92 Å². The van der Waals surface area contributed by atoms with Gasteiger partial charge in [-0.1, -0.05) is 13.8 Å². The van der Waals surface area contributed by atoms with E-state index in [-0.39, 0.29) is 6.04 Å². The largest absolute Gasteiger partial charge is 0.346 e. The van der Waals surface area contributed by atoms with Crippen molar-refractivity contribution >= 4 is 10.0 Å². The van der Waals surface area contributed by atoms with E-state index in [1.165, 1.54) is 0 Å². The molecule has 3 rings (SSSR count). The van der Waals surface area contributed by atoms with Gasteiger partial charge in [0, 0.05) is 30.5 Å². The molecule has 2 unspecified atom stereocenters. The molecule has 5 nitrogen and oxygen atoms in total. The van der Waals surface area contributed by atoms with Crippen molar-refractivity contribution in [2.75, 3.05) is 6.54 Å².